The Balaban J connectivity index is 1.06. The molecule has 3 heterocycles. The van der Waals surface area contributed by atoms with E-state index >= 15 is 0 Å². The van der Waals surface area contributed by atoms with Gasteiger partial charge < -0.3 is 13.6 Å². The lowest BCUT2D eigenvalue weighted by Gasteiger charge is -2.39. The molecule has 0 atom stereocenters. The number of hydrogen-bond donors (Lipinski definition) is 0. The Hall–Kier alpha value is -7.50. The number of fused-ring (bicyclic) bond motifs is 11. The van der Waals surface area contributed by atoms with Gasteiger partial charge in [0.05, 0.1) is 10.9 Å². The highest BCUT2D eigenvalue weighted by molar-refractivity contribution is 5.91. The predicted molar refractivity (Wildman–Crippen MR) is 221 cm³/mol. The van der Waals surface area contributed by atoms with Crippen molar-refractivity contribution in [1.29, 1.82) is 0 Å². The lowest BCUT2D eigenvalue weighted by molar-refractivity contribution is 0.436. The topological polar surface area (TPSA) is 61.3 Å². The van der Waals surface area contributed by atoms with Crippen LogP contribution in [0.1, 0.15) is 27.7 Å². The van der Waals surface area contributed by atoms with Crippen molar-refractivity contribution in [1.82, 2.24) is 9.97 Å². The molecule has 0 saturated carbocycles. The van der Waals surface area contributed by atoms with Crippen molar-refractivity contribution in [3.63, 3.8) is 0 Å². The Labute approximate surface area is 327 Å². The summed E-state index contributed by atoms with van der Waals surface area (Å²) in [5, 5.41) is 0. The monoisotopic (exact) mass is 722 g/mol. The van der Waals surface area contributed by atoms with Gasteiger partial charge >= 0.3 is 0 Å². The highest BCUT2D eigenvalue weighted by Crippen LogP contribution is 2.62. The van der Waals surface area contributed by atoms with Crippen LogP contribution in [0.15, 0.2) is 191 Å². The predicted octanol–water partition coefficient (Wildman–Crippen LogP) is 13.1. The summed E-state index contributed by atoms with van der Waals surface area (Å²) in [5.41, 5.74) is 10.6. The summed E-state index contributed by atoms with van der Waals surface area (Å²) in [6.07, 6.45) is 0. The third-order valence-electron chi connectivity index (χ3n) is 11.1. The van der Waals surface area contributed by atoms with Crippen LogP contribution in [-0.4, -0.2) is 9.97 Å². The number of aromatic nitrogens is 2. The summed E-state index contributed by atoms with van der Waals surface area (Å²) in [5.74, 6) is 2.20. The molecule has 5 nitrogen and oxygen atoms in total. The minimum absolute atomic E-state index is 0.140. The van der Waals surface area contributed by atoms with Crippen LogP contribution in [-0.2, 0) is 5.41 Å². The van der Waals surface area contributed by atoms with E-state index in [1.807, 2.05) is 103 Å². The van der Waals surface area contributed by atoms with Crippen LogP contribution in [0.3, 0.4) is 0 Å². The lowest BCUT2D eigenvalue weighted by atomic mass is 9.66. The first-order valence-corrected chi connectivity index (χ1v) is 18.5. The van der Waals surface area contributed by atoms with E-state index < -0.39 is 5.41 Å². The van der Waals surface area contributed by atoms with Crippen molar-refractivity contribution < 1.29 is 19.1 Å². The molecule has 2 aliphatic rings. The normalized spacial score (nSPS) is 14.3. The lowest BCUT2D eigenvalue weighted by Crippen LogP contribution is -2.32. The van der Waals surface area contributed by atoms with Gasteiger partial charge in [0.25, 0.3) is 0 Å². The fourth-order valence-corrected chi connectivity index (χ4v) is 8.62. The molecule has 5 heteroatoms. The van der Waals surface area contributed by atoms with E-state index in [9.17, 15) is 5.48 Å². The number of para-hydroxylation sites is 6. The molecule has 1 aliphatic heterocycles. The van der Waals surface area contributed by atoms with Crippen molar-refractivity contribution in [3.8, 4) is 67.8 Å². The van der Waals surface area contributed by atoms with Gasteiger partial charge in [-0.3, -0.25) is 0 Å². The first kappa shape index (κ1) is 27.1. The van der Waals surface area contributed by atoms with Gasteiger partial charge in [-0.25, -0.2) is 9.97 Å². The second-order valence-corrected chi connectivity index (χ2v) is 14.2. The van der Waals surface area contributed by atoms with E-state index in [1.54, 1.807) is 12.1 Å². The summed E-state index contributed by atoms with van der Waals surface area (Å²) in [4.78, 5) is 9.49. The summed E-state index contributed by atoms with van der Waals surface area (Å²) < 4.78 is 57.1. The third-order valence-corrected chi connectivity index (χ3v) is 11.1. The zero-order valence-electron chi connectivity index (χ0n) is 33.6. The van der Waals surface area contributed by atoms with Gasteiger partial charge in [0, 0.05) is 22.3 Å². The number of ether oxygens (including phenoxy) is 1. The van der Waals surface area contributed by atoms with Crippen molar-refractivity contribution in [2.45, 2.75) is 5.41 Å². The molecule has 0 radical (unpaired) electrons. The second kappa shape index (κ2) is 11.7. The molecule has 0 N–H and O–H groups in total. The highest BCUT2D eigenvalue weighted by atomic mass is 16.5. The molecule has 0 unspecified atom stereocenters. The van der Waals surface area contributed by atoms with Crippen LogP contribution in [0.5, 0.6) is 11.5 Å². The maximum Gasteiger partial charge on any atom is 0.227 e. The largest absolute Gasteiger partial charge is 0.457 e. The number of rotatable bonds is 4. The van der Waals surface area contributed by atoms with Crippen LogP contribution < -0.4 is 4.74 Å². The highest BCUT2D eigenvalue weighted by Gasteiger charge is 2.51. The van der Waals surface area contributed by atoms with Gasteiger partial charge in [0.1, 0.15) is 22.5 Å². The summed E-state index contributed by atoms with van der Waals surface area (Å²) >= 11 is 0. The molecule has 0 bridgehead atoms. The van der Waals surface area contributed by atoms with E-state index in [1.165, 1.54) is 0 Å². The first-order chi connectivity index (χ1) is 29.4. The van der Waals surface area contributed by atoms with Crippen LogP contribution in [0.2, 0.25) is 0 Å². The molecular formula is C51H30N2O3. The van der Waals surface area contributed by atoms with E-state index in [4.69, 9.17) is 23.5 Å². The molecular weight excluding hydrogens is 689 g/mol. The van der Waals surface area contributed by atoms with Crippen LogP contribution >= 0.6 is 0 Å². The zero-order valence-corrected chi connectivity index (χ0v) is 29.6. The molecule has 1 aliphatic carbocycles. The van der Waals surface area contributed by atoms with Gasteiger partial charge in [-0.15, -0.1) is 0 Å². The standard InChI is InChI=1S/C51H30N2O3/c1-2-12-39-37(11-1)38-26-25-33(30-42(38)51(39)40-13-3-7-17-45(40)54-46-18-8-4-14-41(46)51)31-21-23-32(24-22-31)34-27-35(49-52-43-15-5-9-19-47(43)55-49)29-36(28-34)50-53-44-16-6-10-20-48(44)56-50/h1-30H/i21D,22D,23D,24D. The minimum atomic E-state index is -0.752. The van der Waals surface area contributed by atoms with E-state index in [0.29, 0.717) is 56.2 Å². The number of benzene rings is 8. The molecule has 0 amide bonds. The van der Waals surface area contributed by atoms with E-state index in [-0.39, 0.29) is 35.3 Å². The number of nitrogens with zero attached hydrogens (tertiary/aromatic N) is 2. The maximum atomic E-state index is 9.57. The van der Waals surface area contributed by atoms with Crippen LogP contribution in [0, 0.1) is 0 Å². The van der Waals surface area contributed by atoms with Gasteiger partial charge in [-0.1, -0.05) is 121 Å². The quantitative estimate of drug-likeness (QED) is 0.181. The summed E-state index contributed by atoms with van der Waals surface area (Å²) in [6.45, 7) is 0. The molecule has 12 rings (SSSR count). The number of hydrogen-bond acceptors (Lipinski definition) is 5. The Bertz CT molecular complexity index is 3210. The van der Waals surface area contributed by atoms with Crippen LogP contribution in [0.4, 0.5) is 0 Å². The molecule has 10 aromatic rings. The Morgan fingerprint density at radius 3 is 1.48 bits per heavy atom. The minimum Gasteiger partial charge on any atom is -0.457 e. The molecule has 1 spiro atoms. The fourth-order valence-electron chi connectivity index (χ4n) is 8.62. The molecule has 8 aromatic carbocycles. The van der Waals surface area contributed by atoms with Gasteiger partial charge in [-0.2, -0.15) is 0 Å². The van der Waals surface area contributed by atoms with Crippen molar-refractivity contribution >= 4 is 22.2 Å². The Kier molecular flexibility index (Phi) is 5.69. The first-order valence-electron chi connectivity index (χ1n) is 20.5. The van der Waals surface area contributed by atoms with Gasteiger partial charge in [0.2, 0.25) is 11.8 Å². The SMILES string of the molecule is [2H]c1c([2H])c(-c2ccc3c(c2)C2(c4ccccc4Oc4ccccc42)c2ccccc2-3)c([2H])c([2H])c1-c1cc(-c2nc3ccccc3o2)cc(-c2nc3ccccc3o2)c1. The maximum absolute atomic E-state index is 9.57. The average Bonchev–Trinajstić information content (AvgIpc) is 4.00. The third kappa shape index (κ3) is 4.49. The van der Waals surface area contributed by atoms with Crippen molar-refractivity contribution in [3.05, 3.63) is 204 Å². The molecule has 0 fully saturated rings. The van der Waals surface area contributed by atoms with Crippen molar-refractivity contribution in [2.24, 2.45) is 0 Å². The Morgan fingerprint density at radius 2 is 0.875 bits per heavy atom. The average molecular weight is 723 g/mol. The number of oxazole rings is 2. The smallest absolute Gasteiger partial charge is 0.227 e. The summed E-state index contributed by atoms with van der Waals surface area (Å²) in [6, 6.07) is 50.4. The van der Waals surface area contributed by atoms with E-state index in [0.717, 1.165) is 44.9 Å². The van der Waals surface area contributed by atoms with Gasteiger partial charge in [0.15, 0.2) is 11.2 Å². The molecule has 2 aromatic heterocycles. The van der Waals surface area contributed by atoms with Crippen molar-refractivity contribution in [2.75, 3.05) is 0 Å². The fraction of sp³-hybridized carbons (Fsp3) is 0.0196. The van der Waals surface area contributed by atoms with E-state index in [2.05, 4.69) is 42.5 Å². The zero-order chi connectivity index (χ0) is 40.3. The molecule has 262 valence electrons. The molecule has 56 heavy (non-hydrogen) atoms. The van der Waals surface area contributed by atoms with Crippen LogP contribution in [0.25, 0.3) is 78.5 Å². The summed E-state index contributed by atoms with van der Waals surface area (Å²) in [7, 11) is 0. The second-order valence-electron chi connectivity index (χ2n) is 14.2. The Morgan fingerprint density at radius 1 is 0.393 bits per heavy atom. The van der Waals surface area contributed by atoms with Gasteiger partial charge in [-0.05, 0) is 105 Å². The molecule has 0 saturated heterocycles.